The summed E-state index contributed by atoms with van der Waals surface area (Å²) in [6.07, 6.45) is 9.15. The van der Waals surface area contributed by atoms with Gasteiger partial charge in [-0.05, 0) is 61.7 Å². The predicted molar refractivity (Wildman–Crippen MR) is 74.4 cm³/mol. The van der Waals surface area contributed by atoms with Crippen LogP contribution in [0.1, 0.15) is 44.2 Å². The molecule has 3 heteroatoms. The Morgan fingerprint density at radius 3 is 2.39 bits per heavy atom. The number of thiazole rings is 1. The predicted octanol–water partition coefficient (Wildman–Crippen LogP) is 3.45. The molecule has 1 heterocycles. The van der Waals surface area contributed by atoms with E-state index in [1.165, 1.54) is 31.5 Å². The van der Waals surface area contributed by atoms with Crippen molar-refractivity contribution in [2.45, 2.75) is 45.1 Å². The van der Waals surface area contributed by atoms with Crippen molar-refractivity contribution in [1.82, 2.24) is 10.3 Å². The van der Waals surface area contributed by atoms with Crippen LogP contribution in [0.15, 0.2) is 10.9 Å². The summed E-state index contributed by atoms with van der Waals surface area (Å²) in [4.78, 5) is 4.36. The van der Waals surface area contributed by atoms with Crippen molar-refractivity contribution in [3.8, 4) is 0 Å². The van der Waals surface area contributed by atoms with Crippen LogP contribution in [0.5, 0.6) is 0 Å². The molecule has 4 aliphatic rings. The number of nitrogens with zero attached hydrogens (tertiary/aromatic N) is 1. The summed E-state index contributed by atoms with van der Waals surface area (Å²) in [5.41, 5.74) is 3.80. The van der Waals surface area contributed by atoms with Gasteiger partial charge in [0.25, 0.3) is 0 Å². The Morgan fingerprint density at radius 1 is 1.17 bits per heavy atom. The normalized spacial score (nSPS) is 41.4. The van der Waals surface area contributed by atoms with Gasteiger partial charge < -0.3 is 5.32 Å². The Balaban J connectivity index is 1.39. The number of rotatable bonds is 4. The van der Waals surface area contributed by atoms with Gasteiger partial charge in [0.15, 0.2) is 0 Å². The Bertz CT molecular complexity index is 377. The van der Waals surface area contributed by atoms with Crippen molar-refractivity contribution in [2.24, 2.45) is 23.2 Å². The average Bonchev–Trinajstić information content (AvgIpc) is 2.79. The molecular weight excluding hydrogens is 240 g/mol. The Kier molecular flexibility index (Phi) is 2.73. The molecule has 18 heavy (non-hydrogen) atoms. The highest BCUT2D eigenvalue weighted by molar-refractivity contribution is 7.07. The van der Waals surface area contributed by atoms with Crippen LogP contribution >= 0.6 is 11.3 Å². The van der Waals surface area contributed by atoms with E-state index < -0.39 is 0 Å². The highest BCUT2D eigenvalue weighted by Crippen LogP contribution is 2.59. The standard InChI is InChI=1S/C15H22N2S/c1-11-2-13-3-12(1)5-15(4-11,6-13)9-16-7-14-8-18-10-17-14/h8,10-13,16H,1-7,9H2. The zero-order chi connectivity index (χ0) is 12.0. The highest BCUT2D eigenvalue weighted by Gasteiger charge is 2.50. The largest absolute Gasteiger partial charge is 0.311 e. The molecule has 5 rings (SSSR count). The first-order valence-electron chi connectivity index (χ1n) is 7.39. The molecule has 4 aliphatic carbocycles. The smallest absolute Gasteiger partial charge is 0.0795 e. The number of aromatic nitrogens is 1. The summed E-state index contributed by atoms with van der Waals surface area (Å²) < 4.78 is 0. The topological polar surface area (TPSA) is 24.9 Å². The molecule has 4 bridgehead atoms. The molecule has 1 N–H and O–H groups in total. The maximum Gasteiger partial charge on any atom is 0.0795 e. The van der Waals surface area contributed by atoms with Gasteiger partial charge in [-0.25, -0.2) is 4.98 Å². The summed E-state index contributed by atoms with van der Waals surface area (Å²) in [6.45, 7) is 2.19. The lowest BCUT2D eigenvalue weighted by Crippen LogP contribution is -2.50. The van der Waals surface area contributed by atoms with Gasteiger partial charge in [0.1, 0.15) is 0 Å². The average molecular weight is 262 g/mol. The maximum atomic E-state index is 4.36. The van der Waals surface area contributed by atoms with Crippen LogP contribution in [0.4, 0.5) is 0 Å². The zero-order valence-corrected chi connectivity index (χ0v) is 11.7. The Hall–Kier alpha value is -0.410. The molecule has 4 fully saturated rings. The fourth-order valence-electron chi connectivity index (χ4n) is 5.29. The van der Waals surface area contributed by atoms with Gasteiger partial charge >= 0.3 is 0 Å². The van der Waals surface area contributed by atoms with Gasteiger partial charge in [0.2, 0.25) is 0 Å². The van der Waals surface area contributed by atoms with E-state index in [4.69, 9.17) is 0 Å². The van der Waals surface area contributed by atoms with Crippen molar-refractivity contribution in [2.75, 3.05) is 6.54 Å². The second-order valence-electron chi connectivity index (χ2n) is 7.00. The van der Waals surface area contributed by atoms with Crippen LogP contribution in [-0.2, 0) is 6.54 Å². The lowest BCUT2D eigenvalue weighted by Gasteiger charge is -2.57. The quantitative estimate of drug-likeness (QED) is 0.899. The molecule has 2 nitrogen and oxygen atoms in total. The molecule has 0 unspecified atom stereocenters. The number of hydrogen-bond donors (Lipinski definition) is 1. The lowest BCUT2D eigenvalue weighted by atomic mass is 9.49. The molecule has 1 aromatic rings. The zero-order valence-electron chi connectivity index (χ0n) is 10.9. The van der Waals surface area contributed by atoms with Gasteiger partial charge in [-0.3, -0.25) is 0 Å². The molecule has 1 aromatic heterocycles. The third-order valence-corrected chi connectivity index (χ3v) is 6.09. The van der Waals surface area contributed by atoms with Gasteiger partial charge in [-0.1, -0.05) is 0 Å². The molecule has 0 aliphatic heterocycles. The first kappa shape index (κ1) is 11.4. The van der Waals surface area contributed by atoms with Crippen LogP contribution in [0.3, 0.4) is 0 Å². The Labute approximate surface area is 113 Å². The molecule has 0 aromatic carbocycles. The lowest BCUT2D eigenvalue weighted by molar-refractivity contribution is -0.0514. The van der Waals surface area contributed by atoms with Crippen LogP contribution in [0, 0.1) is 23.2 Å². The first-order chi connectivity index (χ1) is 8.81. The second-order valence-corrected chi connectivity index (χ2v) is 7.72. The van der Waals surface area contributed by atoms with E-state index in [1.54, 1.807) is 30.6 Å². The highest BCUT2D eigenvalue weighted by atomic mass is 32.1. The van der Waals surface area contributed by atoms with E-state index in [1.807, 2.05) is 5.51 Å². The van der Waals surface area contributed by atoms with Gasteiger partial charge in [0, 0.05) is 18.5 Å². The minimum absolute atomic E-state index is 0.658. The SMILES string of the molecule is c1nc(CNCC23CC4CC(CC(C4)C2)C3)cs1. The first-order valence-corrected chi connectivity index (χ1v) is 8.33. The monoisotopic (exact) mass is 262 g/mol. The fourth-order valence-corrected chi connectivity index (χ4v) is 5.85. The molecule has 0 amide bonds. The van der Waals surface area contributed by atoms with E-state index in [2.05, 4.69) is 15.7 Å². The van der Waals surface area contributed by atoms with Gasteiger partial charge in [-0.15, -0.1) is 11.3 Å². The van der Waals surface area contributed by atoms with E-state index in [-0.39, 0.29) is 0 Å². The molecule has 0 spiro atoms. The summed E-state index contributed by atoms with van der Waals surface area (Å²) in [5.74, 6) is 3.20. The van der Waals surface area contributed by atoms with Gasteiger partial charge in [-0.2, -0.15) is 0 Å². The van der Waals surface area contributed by atoms with E-state index in [0.29, 0.717) is 5.41 Å². The van der Waals surface area contributed by atoms with Crippen LogP contribution < -0.4 is 5.32 Å². The molecule has 0 atom stereocenters. The van der Waals surface area contributed by atoms with Crippen molar-refractivity contribution < 1.29 is 0 Å². The van der Waals surface area contributed by atoms with Crippen LogP contribution in [0.25, 0.3) is 0 Å². The van der Waals surface area contributed by atoms with Crippen molar-refractivity contribution >= 4 is 11.3 Å². The molecule has 0 saturated heterocycles. The number of hydrogen-bond acceptors (Lipinski definition) is 3. The van der Waals surface area contributed by atoms with Gasteiger partial charge in [0.05, 0.1) is 11.2 Å². The third kappa shape index (κ3) is 2.01. The van der Waals surface area contributed by atoms with E-state index >= 15 is 0 Å². The third-order valence-electron chi connectivity index (χ3n) is 5.45. The maximum absolute atomic E-state index is 4.36. The molecule has 4 saturated carbocycles. The van der Waals surface area contributed by atoms with Crippen molar-refractivity contribution in [1.29, 1.82) is 0 Å². The summed E-state index contributed by atoms with van der Waals surface area (Å²) in [7, 11) is 0. The molecule has 98 valence electrons. The van der Waals surface area contributed by atoms with Crippen molar-refractivity contribution in [3.63, 3.8) is 0 Å². The second kappa shape index (κ2) is 4.31. The van der Waals surface area contributed by atoms with E-state index in [9.17, 15) is 0 Å². The minimum Gasteiger partial charge on any atom is -0.311 e. The minimum atomic E-state index is 0.658. The van der Waals surface area contributed by atoms with Crippen LogP contribution in [0.2, 0.25) is 0 Å². The Morgan fingerprint density at radius 2 is 1.83 bits per heavy atom. The fraction of sp³-hybridized carbons (Fsp3) is 0.800. The summed E-state index contributed by atoms with van der Waals surface area (Å²) >= 11 is 1.70. The molecule has 0 radical (unpaired) electrons. The van der Waals surface area contributed by atoms with E-state index in [0.717, 1.165) is 24.3 Å². The summed E-state index contributed by atoms with van der Waals surface area (Å²) in [6, 6.07) is 0. The van der Waals surface area contributed by atoms with Crippen LogP contribution in [-0.4, -0.2) is 11.5 Å². The number of nitrogens with one attached hydrogen (secondary N) is 1. The molecular formula is C15H22N2S. The summed E-state index contributed by atoms with van der Waals surface area (Å²) in [5, 5.41) is 5.85. The van der Waals surface area contributed by atoms with Crippen molar-refractivity contribution in [3.05, 3.63) is 16.6 Å².